The molecule has 3 rings (SSSR count). The Morgan fingerprint density at radius 2 is 1.07 bits per heavy atom. The fourth-order valence-corrected chi connectivity index (χ4v) is 3.15. The number of hydrogen-bond donors (Lipinski definition) is 0. The third-order valence-electron chi connectivity index (χ3n) is 2.41. The zero-order valence-corrected chi connectivity index (χ0v) is 9.12. The Hall–Kier alpha value is -0.663. The zero-order chi connectivity index (χ0) is 8.67. The maximum atomic E-state index is 2.23. The second-order valence-electron chi connectivity index (χ2n) is 3.22. The van der Waals surface area contributed by atoms with Crippen LogP contribution in [-0.2, 0) is 0 Å². The molecule has 0 nitrogen and oxygen atoms in total. The molecule has 63 valence electrons. The monoisotopic (exact) mass is 191 g/mol. The quantitative estimate of drug-likeness (QED) is 0.476. The molecule has 3 aromatic rings. The van der Waals surface area contributed by atoms with E-state index >= 15 is 0 Å². The van der Waals surface area contributed by atoms with Gasteiger partial charge in [-0.25, -0.2) is 0 Å². The van der Waals surface area contributed by atoms with Gasteiger partial charge in [0.05, 0.1) is 0 Å². The summed E-state index contributed by atoms with van der Waals surface area (Å²) in [6.07, 6.45) is 0. The summed E-state index contributed by atoms with van der Waals surface area (Å²) in [5.41, 5.74) is 0. The fourth-order valence-electron chi connectivity index (χ4n) is 1.80. The summed E-state index contributed by atoms with van der Waals surface area (Å²) >= 11 is 0. The maximum absolute atomic E-state index is 2.23. The molecule has 0 aliphatic carbocycles. The van der Waals surface area contributed by atoms with Gasteiger partial charge in [-0.05, 0) is 21.0 Å². The van der Waals surface area contributed by atoms with Gasteiger partial charge < -0.3 is 0 Å². The van der Waals surface area contributed by atoms with Crippen molar-refractivity contribution in [3.8, 4) is 0 Å². The molecule has 0 saturated carbocycles. The largest absolute Gasteiger partial charge is 0.123 e. The summed E-state index contributed by atoms with van der Waals surface area (Å²) < 4.78 is 0. The standard InChI is InChI=1S/C12H9P.Li/c1-3-7-11-9(5-1)10-6-2-4-8-12(10)13-11;/h1-8,13H;. The first-order valence-corrected chi connectivity index (χ1v) is 5.40. The molecule has 0 spiro atoms. The fraction of sp³-hybridized carbons (Fsp3) is 0. The van der Waals surface area contributed by atoms with Crippen LogP contribution in [0.4, 0.5) is 0 Å². The van der Waals surface area contributed by atoms with Crippen molar-refractivity contribution in [3.05, 3.63) is 48.5 Å². The topological polar surface area (TPSA) is 0 Å². The minimum absolute atomic E-state index is 0. The van der Waals surface area contributed by atoms with E-state index in [-0.39, 0.29) is 18.9 Å². The van der Waals surface area contributed by atoms with E-state index in [2.05, 4.69) is 48.5 Å². The Balaban J connectivity index is 0.000000750. The van der Waals surface area contributed by atoms with Crippen molar-refractivity contribution < 1.29 is 0 Å². The molecule has 1 aromatic heterocycles. The van der Waals surface area contributed by atoms with Gasteiger partial charge in [0.2, 0.25) is 0 Å². The Labute approximate surface area is 96.6 Å². The van der Waals surface area contributed by atoms with Gasteiger partial charge in [-0.1, -0.05) is 48.5 Å². The molecule has 0 aliphatic heterocycles. The zero-order valence-electron chi connectivity index (χ0n) is 8.12. The smallest absolute Gasteiger partial charge is 0 e. The van der Waals surface area contributed by atoms with E-state index < -0.39 is 0 Å². The molecule has 14 heavy (non-hydrogen) atoms. The van der Waals surface area contributed by atoms with Crippen LogP contribution >= 0.6 is 8.19 Å². The van der Waals surface area contributed by atoms with Crippen molar-refractivity contribution in [2.45, 2.75) is 0 Å². The van der Waals surface area contributed by atoms with Gasteiger partial charge in [-0.15, -0.1) is 8.19 Å². The average Bonchev–Trinajstić information content (AvgIpc) is 2.56. The van der Waals surface area contributed by atoms with Gasteiger partial charge in [0, 0.05) is 18.9 Å². The maximum Gasteiger partial charge on any atom is 0 e. The van der Waals surface area contributed by atoms with Gasteiger partial charge in [0.25, 0.3) is 0 Å². The second kappa shape index (κ2) is 3.83. The molecule has 0 fully saturated rings. The Kier molecular flexibility index (Phi) is 2.70. The first-order valence-electron chi connectivity index (χ1n) is 4.40. The van der Waals surface area contributed by atoms with Crippen molar-refractivity contribution in [2.75, 3.05) is 0 Å². The van der Waals surface area contributed by atoms with Crippen molar-refractivity contribution in [1.29, 1.82) is 0 Å². The van der Waals surface area contributed by atoms with Crippen LogP contribution in [0.25, 0.3) is 21.0 Å². The third kappa shape index (κ3) is 1.41. The Morgan fingerprint density at radius 1 is 0.643 bits per heavy atom. The summed E-state index contributed by atoms with van der Waals surface area (Å²) in [4.78, 5) is 0. The van der Waals surface area contributed by atoms with E-state index in [1.807, 2.05) is 0 Å². The molecule has 0 bridgehead atoms. The molecule has 0 unspecified atom stereocenters. The predicted molar refractivity (Wildman–Crippen MR) is 66.7 cm³/mol. The first-order chi connectivity index (χ1) is 6.45. The molecular formula is C12H9LiP. The van der Waals surface area contributed by atoms with Crippen molar-refractivity contribution >= 4 is 48.1 Å². The molecule has 1 heterocycles. The summed E-state index contributed by atoms with van der Waals surface area (Å²) in [7, 11) is 0.851. The second-order valence-corrected chi connectivity index (χ2v) is 4.54. The van der Waals surface area contributed by atoms with Crippen LogP contribution in [0, 0.1) is 0 Å². The van der Waals surface area contributed by atoms with Crippen LogP contribution in [0.2, 0.25) is 0 Å². The van der Waals surface area contributed by atoms with E-state index in [0.717, 1.165) is 8.19 Å². The van der Waals surface area contributed by atoms with Crippen LogP contribution < -0.4 is 0 Å². The normalized spacial score (nSPS) is 10.3. The SMILES string of the molecule is [Li].c1ccc2c(c1)[pH]c1ccccc12. The molecule has 2 heteroatoms. The van der Waals surface area contributed by atoms with Gasteiger partial charge >= 0.3 is 0 Å². The van der Waals surface area contributed by atoms with Crippen LogP contribution in [0.15, 0.2) is 48.5 Å². The third-order valence-corrected chi connectivity index (χ3v) is 3.82. The number of hydrogen-bond acceptors (Lipinski definition) is 0. The van der Waals surface area contributed by atoms with Crippen LogP contribution in [0.1, 0.15) is 0 Å². The Bertz CT molecular complexity index is 518. The van der Waals surface area contributed by atoms with E-state index in [1.165, 1.54) is 21.0 Å². The van der Waals surface area contributed by atoms with E-state index in [9.17, 15) is 0 Å². The molecule has 0 atom stereocenters. The number of fused-ring (bicyclic) bond motifs is 3. The van der Waals surface area contributed by atoms with Gasteiger partial charge in [0.15, 0.2) is 0 Å². The van der Waals surface area contributed by atoms with Crippen LogP contribution in [0.5, 0.6) is 0 Å². The van der Waals surface area contributed by atoms with Crippen molar-refractivity contribution in [3.63, 3.8) is 0 Å². The van der Waals surface area contributed by atoms with E-state index in [4.69, 9.17) is 0 Å². The molecule has 0 aliphatic rings. The van der Waals surface area contributed by atoms with Crippen LogP contribution in [0.3, 0.4) is 0 Å². The molecule has 0 saturated heterocycles. The van der Waals surface area contributed by atoms with E-state index in [1.54, 1.807) is 0 Å². The molecule has 1 radical (unpaired) electrons. The van der Waals surface area contributed by atoms with Crippen molar-refractivity contribution in [2.24, 2.45) is 0 Å². The molecule has 0 N–H and O–H groups in total. The average molecular weight is 191 g/mol. The van der Waals surface area contributed by atoms with Crippen LogP contribution in [-0.4, -0.2) is 18.9 Å². The van der Waals surface area contributed by atoms with Gasteiger partial charge in [0.1, 0.15) is 0 Å². The summed E-state index contributed by atoms with van der Waals surface area (Å²) in [5.74, 6) is 0. The first kappa shape index (κ1) is 9.88. The molecule has 0 amide bonds. The minimum atomic E-state index is 0. The Morgan fingerprint density at radius 3 is 1.57 bits per heavy atom. The van der Waals surface area contributed by atoms with E-state index in [0.29, 0.717) is 0 Å². The summed E-state index contributed by atoms with van der Waals surface area (Å²) in [5, 5.41) is 5.83. The summed E-state index contributed by atoms with van der Waals surface area (Å²) in [6, 6.07) is 17.4. The van der Waals surface area contributed by atoms with Gasteiger partial charge in [-0.2, -0.15) is 0 Å². The van der Waals surface area contributed by atoms with Crippen molar-refractivity contribution in [1.82, 2.24) is 0 Å². The minimum Gasteiger partial charge on any atom is -0.123 e. The number of benzene rings is 2. The summed E-state index contributed by atoms with van der Waals surface area (Å²) in [6.45, 7) is 0. The molecule has 2 aromatic carbocycles. The molecular weight excluding hydrogens is 182 g/mol. The number of rotatable bonds is 0. The van der Waals surface area contributed by atoms with Gasteiger partial charge in [-0.3, -0.25) is 0 Å². The predicted octanol–water partition coefficient (Wildman–Crippen LogP) is 3.64.